The number of benzene rings is 2. The number of halogens is 2. The van der Waals surface area contributed by atoms with E-state index in [0.717, 1.165) is 18.4 Å². The molecule has 1 fully saturated rings. The SMILES string of the molecule is NC(Cc1ccc(F)c(Br)c1)C1CC1c1ccccc1. The summed E-state index contributed by atoms with van der Waals surface area (Å²) in [5, 5.41) is 0. The first-order valence-corrected chi connectivity index (χ1v) is 7.69. The van der Waals surface area contributed by atoms with E-state index in [9.17, 15) is 4.39 Å². The zero-order valence-electron chi connectivity index (χ0n) is 11.1. The lowest BCUT2D eigenvalue weighted by Gasteiger charge is -2.12. The van der Waals surface area contributed by atoms with Crippen LogP contribution in [0.15, 0.2) is 53.0 Å². The van der Waals surface area contributed by atoms with E-state index in [2.05, 4.69) is 40.2 Å². The van der Waals surface area contributed by atoms with E-state index in [1.807, 2.05) is 18.2 Å². The molecule has 3 rings (SSSR count). The first-order chi connectivity index (χ1) is 9.65. The van der Waals surface area contributed by atoms with Gasteiger partial charge in [-0.15, -0.1) is 0 Å². The first kappa shape index (κ1) is 13.8. The third-order valence-corrected chi connectivity index (χ3v) is 4.68. The highest BCUT2D eigenvalue weighted by atomic mass is 79.9. The Morgan fingerprint density at radius 2 is 1.95 bits per heavy atom. The Kier molecular flexibility index (Phi) is 3.90. The predicted octanol–water partition coefficient (Wildman–Crippen LogP) is 4.26. The van der Waals surface area contributed by atoms with Crippen molar-refractivity contribution in [3.8, 4) is 0 Å². The minimum atomic E-state index is -0.226. The molecule has 20 heavy (non-hydrogen) atoms. The highest BCUT2D eigenvalue weighted by Crippen LogP contribution is 2.49. The molecule has 3 atom stereocenters. The second kappa shape index (κ2) is 5.66. The van der Waals surface area contributed by atoms with Crippen molar-refractivity contribution in [3.05, 3.63) is 69.9 Å². The van der Waals surface area contributed by atoms with Gasteiger partial charge in [-0.05, 0) is 63.9 Å². The van der Waals surface area contributed by atoms with Gasteiger partial charge in [0.2, 0.25) is 0 Å². The van der Waals surface area contributed by atoms with E-state index < -0.39 is 0 Å². The molecule has 1 nitrogen and oxygen atoms in total. The van der Waals surface area contributed by atoms with Gasteiger partial charge < -0.3 is 5.73 Å². The molecule has 0 radical (unpaired) electrons. The van der Waals surface area contributed by atoms with E-state index in [-0.39, 0.29) is 11.9 Å². The summed E-state index contributed by atoms with van der Waals surface area (Å²) in [7, 11) is 0. The number of hydrogen-bond acceptors (Lipinski definition) is 1. The van der Waals surface area contributed by atoms with Crippen molar-refractivity contribution in [2.24, 2.45) is 11.7 Å². The Bertz CT molecular complexity index is 599. The van der Waals surface area contributed by atoms with E-state index in [0.29, 0.717) is 16.3 Å². The molecule has 3 heteroatoms. The van der Waals surface area contributed by atoms with Gasteiger partial charge in [0.15, 0.2) is 0 Å². The van der Waals surface area contributed by atoms with Crippen molar-refractivity contribution in [1.82, 2.24) is 0 Å². The second-order valence-electron chi connectivity index (χ2n) is 5.53. The normalized spacial score (nSPS) is 22.6. The largest absolute Gasteiger partial charge is 0.327 e. The summed E-state index contributed by atoms with van der Waals surface area (Å²) in [5.41, 5.74) is 8.79. The molecule has 1 saturated carbocycles. The number of rotatable bonds is 4. The van der Waals surface area contributed by atoms with E-state index in [1.165, 1.54) is 11.6 Å². The smallest absolute Gasteiger partial charge is 0.137 e. The quantitative estimate of drug-likeness (QED) is 0.888. The van der Waals surface area contributed by atoms with Crippen molar-refractivity contribution < 1.29 is 4.39 Å². The molecule has 0 heterocycles. The molecule has 2 aromatic rings. The zero-order valence-corrected chi connectivity index (χ0v) is 12.7. The van der Waals surface area contributed by atoms with Gasteiger partial charge in [-0.1, -0.05) is 36.4 Å². The molecule has 0 saturated heterocycles. The number of hydrogen-bond donors (Lipinski definition) is 1. The average molecular weight is 334 g/mol. The van der Waals surface area contributed by atoms with Gasteiger partial charge in [-0.3, -0.25) is 0 Å². The second-order valence-corrected chi connectivity index (χ2v) is 6.39. The molecule has 0 spiro atoms. The Labute approximate surface area is 127 Å². The minimum Gasteiger partial charge on any atom is -0.327 e. The van der Waals surface area contributed by atoms with E-state index in [4.69, 9.17) is 5.73 Å². The molecular formula is C17H17BrFN. The summed E-state index contributed by atoms with van der Waals surface area (Å²) in [4.78, 5) is 0. The fourth-order valence-electron chi connectivity index (χ4n) is 2.86. The van der Waals surface area contributed by atoms with Crippen LogP contribution in [-0.4, -0.2) is 6.04 Å². The van der Waals surface area contributed by atoms with Gasteiger partial charge in [-0.2, -0.15) is 0 Å². The first-order valence-electron chi connectivity index (χ1n) is 6.89. The molecule has 0 aromatic heterocycles. The fourth-order valence-corrected chi connectivity index (χ4v) is 3.29. The van der Waals surface area contributed by atoms with Crippen molar-refractivity contribution in [2.75, 3.05) is 0 Å². The maximum absolute atomic E-state index is 13.2. The zero-order chi connectivity index (χ0) is 14.1. The number of nitrogens with two attached hydrogens (primary N) is 1. The average Bonchev–Trinajstić information content (AvgIpc) is 3.24. The Morgan fingerprint density at radius 3 is 2.65 bits per heavy atom. The van der Waals surface area contributed by atoms with Crippen molar-refractivity contribution in [1.29, 1.82) is 0 Å². The maximum atomic E-state index is 13.2. The van der Waals surface area contributed by atoms with Gasteiger partial charge in [0.1, 0.15) is 5.82 Å². The lowest BCUT2D eigenvalue weighted by molar-refractivity contribution is 0.575. The van der Waals surface area contributed by atoms with Crippen LogP contribution < -0.4 is 5.73 Å². The molecule has 2 aromatic carbocycles. The lowest BCUT2D eigenvalue weighted by Crippen LogP contribution is -2.26. The molecular weight excluding hydrogens is 317 g/mol. The van der Waals surface area contributed by atoms with Gasteiger partial charge in [-0.25, -0.2) is 4.39 Å². The standard InChI is InChI=1S/C17H17BrFN/c18-15-8-11(6-7-16(15)19)9-17(20)14-10-13(14)12-4-2-1-3-5-12/h1-8,13-14,17H,9-10,20H2. The molecule has 1 aliphatic rings. The van der Waals surface area contributed by atoms with Crippen LogP contribution >= 0.6 is 15.9 Å². The molecule has 3 unspecified atom stereocenters. The Balaban J connectivity index is 1.63. The molecule has 104 valence electrons. The molecule has 0 aliphatic heterocycles. The van der Waals surface area contributed by atoms with Crippen LogP contribution in [0.2, 0.25) is 0 Å². The third-order valence-electron chi connectivity index (χ3n) is 4.07. The minimum absolute atomic E-state index is 0.137. The van der Waals surface area contributed by atoms with Crippen LogP contribution in [0.1, 0.15) is 23.5 Å². The summed E-state index contributed by atoms with van der Waals surface area (Å²) in [6.45, 7) is 0. The monoisotopic (exact) mass is 333 g/mol. The highest BCUT2D eigenvalue weighted by Gasteiger charge is 2.42. The van der Waals surface area contributed by atoms with Crippen molar-refractivity contribution in [2.45, 2.75) is 24.8 Å². The highest BCUT2D eigenvalue weighted by molar-refractivity contribution is 9.10. The van der Waals surface area contributed by atoms with Gasteiger partial charge >= 0.3 is 0 Å². The lowest BCUT2D eigenvalue weighted by atomic mass is 10.00. The van der Waals surface area contributed by atoms with Gasteiger partial charge in [0.25, 0.3) is 0 Å². The Morgan fingerprint density at radius 1 is 1.20 bits per heavy atom. The van der Waals surface area contributed by atoms with Gasteiger partial charge in [0.05, 0.1) is 4.47 Å². The van der Waals surface area contributed by atoms with Crippen LogP contribution in [0, 0.1) is 11.7 Å². The summed E-state index contributed by atoms with van der Waals surface area (Å²) in [6.07, 6.45) is 1.96. The molecule has 2 N–H and O–H groups in total. The molecule has 1 aliphatic carbocycles. The topological polar surface area (TPSA) is 26.0 Å². The summed E-state index contributed by atoms with van der Waals surface area (Å²) in [5.74, 6) is 0.909. The Hall–Kier alpha value is -1.19. The summed E-state index contributed by atoms with van der Waals surface area (Å²) in [6, 6.07) is 15.8. The van der Waals surface area contributed by atoms with Crippen LogP contribution in [0.5, 0.6) is 0 Å². The third kappa shape index (κ3) is 2.94. The van der Waals surface area contributed by atoms with Crippen LogP contribution in [0.3, 0.4) is 0 Å². The van der Waals surface area contributed by atoms with Gasteiger partial charge in [0, 0.05) is 6.04 Å². The van der Waals surface area contributed by atoms with Crippen molar-refractivity contribution in [3.63, 3.8) is 0 Å². The summed E-state index contributed by atoms with van der Waals surface area (Å²) >= 11 is 3.22. The summed E-state index contributed by atoms with van der Waals surface area (Å²) < 4.78 is 13.7. The van der Waals surface area contributed by atoms with Crippen LogP contribution in [0.25, 0.3) is 0 Å². The predicted molar refractivity (Wildman–Crippen MR) is 83.1 cm³/mol. The van der Waals surface area contributed by atoms with Crippen LogP contribution in [0.4, 0.5) is 4.39 Å². The fraction of sp³-hybridized carbons (Fsp3) is 0.294. The maximum Gasteiger partial charge on any atom is 0.137 e. The van der Waals surface area contributed by atoms with Crippen molar-refractivity contribution >= 4 is 15.9 Å². The molecule has 0 bridgehead atoms. The van der Waals surface area contributed by atoms with Crippen LogP contribution in [-0.2, 0) is 6.42 Å². The van der Waals surface area contributed by atoms with E-state index in [1.54, 1.807) is 0 Å². The molecule has 0 amide bonds. The van der Waals surface area contributed by atoms with E-state index >= 15 is 0 Å².